The SMILES string of the molecule is CC(=NNC(=O)C[n+]1ccccc1)c1ccc(-c2ccccc2)cc1. The van der Waals surface area contributed by atoms with Crippen molar-refractivity contribution in [3.63, 3.8) is 0 Å². The Kier molecular flexibility index (Phi) is 5.32. The predicted molar refractivity (Wildman–Crippen MR) is 98.9 cm³/mol. The van der Waals surface area contributed by atoms with Crippen molar-refractivity contribution in [1.82, 2.24) is 5.43 Å². The zero-order valence-corrected chi connectivity index (χ0v) is 14.1. The van der Waals surface area contributed by atoms with E-state index in [2.05, 4.69) is 34.8 Å². The highest BCUT2D eigenvalue weighted by Gasteiger charge is 2.07. The van der Waals surface area contributed by atoms with Crippen molar-refractivity contribution >= 4 is 11.6 Å². The number of hydrogen-bond acceptors (Lipinski definition) is 2. The molecule has 0 aliphatic rings. The van der Waals surface area contributed by atoms with Gasteiger partial charge in [0.2, 0.25) is 6.54 Å². The van der Waals surface area contributed by atoms with Gasteiger partial charge in [-0.25, -0.2) is 5.43 Å². The fraction of sp³-hybridized carbons (Fsp3) is 0.0952. The molecule has 1 amide bonds. The topological polar surface area (TPSA) is 45.3 Å². The molecule has 1 N–H and O–H groups in total. The molecule has 0 spiro atoms. The summed E-state index contributed by atoms with van der Waals surface area (Å²) in [5, 5.41) is 4.20. The van der Waals surface area contributed by atoms with E-state index in [1.807, 2.05) is 67.8 Å². The van der Waals surface area contributed by atoms with Crippen molar-refractivity contribution < 1.29 is 9.36 Å². The molecular weight excluding hydrogens is 310 g/mol. The van der Waals surface area contributed by atoms with Crippen LogP contribution in [0.5, 0.6) is 0 Å². The van der Waals surface area contributed by atoms with Gasteiger partial charge in [0.1, 0.15) is 0 Å². The van der Waals surface area contributed by atoms with Crippen LogP contribution in [0.3, 0.4) is 0 Å². The smallest absolute Gasteiger partial charge is 0.266 e. The summed E-state index contributed by atoms with van der Waals surface area (Å²) in [7, 11) is 0. The van der Waals surface area contributed by atoms with Gasteiger partial charge in [0.05, 0.1) is 5.71 Å². The van der Waals surface area contributed by atoms with Crippen LogP contribution < -0.4 is 9.99 Å². The van der Waals surface area contributed by atoms with E-state index in [1.54, 1.807) is 4.57 Å². The molecule has 3 rings (SSSR count). The summed E-state index contributed by atoms with van der Waals surface area (Å²) in [5.74, 6) is -0.156. The lowest BCUT2D eigenvalue weighted by molar-refractivity contribution is -0.684. The van der Waals surface area contributed by atoms with Gasteiger partial charge in [0.25, 0.3) is 0 Å². The summed E-state index contributed by atoms with van der Waals surface area (Å²) in [6.45, 7) is 2.12. The lowest BCUT2D eigenvalue weighted by Crippen LogP contribution is -2.41. The Morgan fingerprint density at radius 3 is 2.16 bits per heavy atom. The van der Waals surface area contributed by atoms with Crippen LogP contribution in [0.25, 0.3) is 11.1 Å². The molecule has 0 radical (unpaired) electrons. The quantitative estimate of drug-likeness (QED) is 0.436. The van der Waals surface area contributed by atoms with Crippen LogP contribution in [0.4, 0.5) is 0 Å². The van der Waals surface area contributed by atoms with Crippen LogP contribution in [0, 0.1) is 0 Å². The average Bonchev–Trinajstić information content (AvgIpc) is 2.68. The van der Waals surface area contributed by atoms with Crippen molar-refractivity contribution in [2.75, 3.05) is 0 Å². The normalized spacial score (nSPS) is 11.2. The Morgan fingerprint density at radius 2 is 1.48 bits per heavy atom. The van der Waals surface area contributed by atoms with Gasteiger partial charge in [0, 0.05) is 12.1 Å². The van der Waals surface area contributed by atoms with Crippen LogP contribution >= 0.6 is 0 Å². The fourth-order valence-corrected chi connectivity index (χ4v) is 2.49. The van der Waals surface area contributed by atoms with Crippen molar-refractivity contribution in [1.29, 1.82) is 0 Å². The highest BCUT2D eigenvalue weighted by Crippen LogP contribution is 2.19. The van der Waals surface area contributed by atoms with Gasteiger partial charge in [-0.15, -0.1) is 0 Å². The van der Waals surface area contributed by atoms with Crippen molar-refractivity contribution in [2.24, 2.45) is 5.10 Å². The van der Waals surface area contributed by atoms with E-state index >= 15 is 0 Å². The van der Waals surface area contributed by atoms with Crippen LogP contribution in [0.15, 0.2) is 90.3 Å². The summed E-state index contributed by atoms with van der Waals surface area (Å²) < 4.78 is 1.80. The Balaban J connectivity index is 1.63. The predicted octanol–water partition coefficient (Wildman–Crippen LogP) is 3.18. The second kappa shape index (κ2) is 8.02. The number of carbonyl (C=O) groups excluding carboxylic acids is 1. The molecule has 0 saturated carbocycles. The molecule has 0 bridgehead atoms. The standard InChI is InChI=1S/C21H19N3O/c1-17(22-23-21(25)16-24-14-6-3-7-15-24)18-10-12-20(13-11-18)19-8-4-2-5-9-19/h2-15H,16H2,1H3/p+1. The van der Waals surface area contributed by atoms with Gasteiger partial charge in [0.15, 0.2) is 12.4 Å². The third-order valence-corrected chi connectivity index (χ3v) is 3.86. The fourth-order valence-electron chi connectivity index (χ4n) is 2.49. The maximum Gasteiger partial charge on any atom is 0.305 e. The highest BCUT2D eigenvalue weighted by molar-refractivity contribution is 5.99. The zero-order chi connectivity index (χ0) is 17.5. The Hall–Kier alpha value is -3.27. The molecule has 25 heavy (non-hydrogen) atoms. The Labute approximate surface area is 147 Å². The van der Waals surface area contributed by atoms with E-state index in [9.17, 15) is 4.79 Å². The number of benzene rings is 2. The number of carbonyl (C=O) groups is 1. The van der Waals surface area contributed by atoms with Crippen molar-refractivity contribution in [3.8, 4) is 11.1 Å². The number of aromatic nitrogens is 1. The molecule has 0 aliphatic carbocycles. The summed E-state index contributed by atoms with van der Waals surface area (Å²) in [5.41, 5.74) is 6.68. The monoisotopic (exact) mass is 330 g/mol. The molecule has 1 aromatic heterocycles. The third-order valence-electron chi connectivity index (χ3n) is 3.86. The molecule has 1 heterocycles. The van der Waals surface area contributed by atoms with E-state index in [1.165, 1.54) is 5.56 Å². The molecule has 2 aromatic carbocycles. The average molecular weight is 330 g/mol. The first-order valence-electron chi connectivity index (χ1n) is 8.15. The van der Waals surface area contributed by atoms with E-state index in [-0.39, 0.29) is 12.5 Å². The van der Waals surface area contributed by atoms with Gasteiger partial charge in [-0.2, -0.15) is 9.67 Å². The van der Waals surface area contributed by atoms with Crippen molar-refractivity contribution in [2.45, 2.75) is 13.5 Å². The van der Waals surface area contributed by atoms with Gasteiger partial charge in [-0.05, 0) is 23.6 Å². The lowest BCUT2D eigenvalue weighted by Gasteiger charge is -2.05. The van der Waals surface area contributed by atoms with Gasteiger partial charge in [-0.1, -0.05) is 60.7 Å². The molecule has 0 aliphatic heterocycles. The maximum absolute atomic E-state index is 11.9. The van der Waals surface area contributed by atoms with Gasteiger partial charge >= 0.3 is 5.91 Å². The van der Waals surface area contributed by atoms with Crippen LogP contribution in [-0.2, 0) is 11.3 Å². The number of hydrogen-bond donors (Lipinski definition) is 1. The summed E-state index contributed by atoms with van der Waals surface area (Å²) in [6, 6.07) is 24.0. The largest absolute Gasteiger partial charge is 0.305 e. The molecular formula is C21H20N3O+. The van der Waals surface area contributed by atoms with Crippen LogP contribution in [0.2, 0.25) is 0 Å². The zero-order valence-electron chi connectivity index (χ0n) is 14.1. The first-order chi connectivity index (χ1) is 12.2. The molecule has 0 fully saturated rings. The minimum atomic E-state index is -0.156. The van der Waals surface area contributed by atoms with Crippen LogP contribution in [0.1, 0.15) is 12.5 Å². The number of pyridine rings is 1. The Morgan fingerprint density at radius 1 is 0.880 bits per heavy atom. The number of nitrogens with one attached hydrogen (secondary N) is 1. The first-order valence-corrected chi connectivity index (χ1v) is 8.15. The van der Waals surface area contributed by atoms with Gasteiger partial charge in [-0.3, -0.25) is 4.79 Å². The number of rotatable bonds is 5. The summed E-state index contributed by atoms with van der Waals surface area (Å²) >= 11 is 0. The van der Waals surface area contributed by atoms with E-state index in [0.29, 0.717) is 0 Å². The van der Waals surface area contributed by atoms with E-state index in [4.69, 9.17) is 0 Å². The van der Waals surface area contributed by atoms with E-state index in [0.717, 1.165) is 16.8 Å². The van der Waals surface area contributed by atoms with Gasteiger partial charge < -0.3 is 0 Å². The first kappa shape index (κ1) is 16.6. The minimum Gasteiger partial charge on any atom is -0.266 e. The van der Waals surface area contributed by atoms with E-state index < -0.39 is 0 Å². The second-order valence-electron chi connectivity index (χ2n) is 5.72. The summed E-state index contributed by atoms with van der Waals surface area (Å²) in [6.07, 6.45) is 3.69. The third kappa shape index (κ3) is 4.61. The number of nitrogens with zero attached hydrogens (tertiary/aromatic N) is 2. The number of amides is 1. The molecule has 3 aromatic rings. The van der Waals surface area contributed by atoms with Crippen molar-refractivity contribution in [3.05, 3.63) is 90.8 Å². The van der Waals surface area contributed by atoms with Crippen LogP contribution in [-0.4, -0.2) is 11.6 Å². The molecule has 4 heteroatoms. The maximum atomic E-state index is 11.9. The summed E-state index contributed by atoms with van der Waals surface area (Å²) in [4.78, 5) is 11.9. The molecule has 0 unspecified atom stereocenters. The molecule has 0 atom stereocenters. The minimum absolute atomic E-state index is 0.156. The Bertz CT molecular complexity index is 857. The highest BCUT2D eigenvalue weighted by atomic mass is 16.2. The molecule has 124 valence electrons. The second-order valence-corrected chi connectivity index (χ2v) is 5.72. The molecule has 0 saturated heterocycles. The lowest BCUT2D eigenvalue weighted by atomic mass is 10.0. The molecule has 4 nitrogen and oxygen atoms in total. The number of hydrazone groups is 1.